The van der Waals surface area contributed by atoms with E-state index in [0.717, 1.165) is 17.8 Å². The highest BCUT2D eigenvalue weighted by Gasteiger charge is 2.20. The topological polar surface area (TPSA) is 29.1 Å². The average Bonchev–Trinajstić information content (AvgIpc) is 2.29. The Hall–Kier alpha value is -1.31. The Bertz CT molecular complexity index is 333. The zero-order chi connectivity index (χ0) is 9.26. The average molecular weight is 175 g/mol. The molecule has 0 spiro atoms. The van der Waals surface area contributed by atoms with E-state index in [0.29, 0.717) is 12.2 Å². The molecule has 0 aliphatic carbocycles. The van der Waals surface area contributed by atoms with Crippen LogP contribution < -0.4 is 5.32 Å². The Morgan fingerprint density at radius 3 is 3.00 bits per heavy atom. The van der Waals surface area contributed by atoms with Gasteiger partial charge in [-0.15, -0.1) is 0 Å². The van der Waals surface area contributed by atoms with E-state index in [9.17, 15) is 4.79 Å². The maximum atomic E-state index is 11.5. The predicted molar refractivity (Wildman–Crippen MR) is 53.0 cm³/mol. The van der Waals surface area contributed by atoms with Crippen molar-refractivity contribution in [2.24, 2.45) is 0 Å². The molecule has 2 rings (SSSR count). The van der Waals surface area contributed by atoms with Crippen molar-refractivity contribution in [3.8, 4) is 0 Å². The second kappa shape index (κ2) is 3.21. The summed E-state index contributed by atoms with van der Waals surface area (Å²) in [7, 11) is 0. The van der Waals surface area contributed by atoms with E-state index in [1.165, 1.54) is 0 Å². The van der Waals surface area contributed by atoms with Crippen LogP contribution in [0.3, 0.4) is 0 Å². The third-order valence-electron chi connectivity index (χ3n) is 2.60. The van der Waals surface area contributed by atoms with Gasteiger partial charge in [0.1, 0.15) is 5.78 Å². The number of carbonyl (C=O) groups is 1. The number of para-hydroxylation sites is 1. The largest absolute Gasteiger partial charge is 0.384 e. The van der Waals surface area contributed by atoms with E-state index < -0.39 is 0 Å². The highest BCUT2D eigenvalue weighted by molar-refractivity contribution is 5.88. The molecule has 1 atom stereocenters. The fraction of sp³-hybridized carbons (Fsp3) is 0.364. The van der Waals surface area contributed by atoms with Crippen LogP contribution in [0.5, 0.6) is 0 Å². The molecule has 0 radical (unpaired) electrons. The molecule has 1 aromatic rings. The normalized spacial score (nSPS) is 21.6. The molecule has 1 aromatic carbocycles. The zero-order valence-electron chi connectivity index (χ0n) is 7.71. The van der Waals surface area contributed by atoms with Crippen LogP contribution in [0.2, 0.25) is 0 Å². The molecule has 1 aliphatic rings. The van der Waals surface area contributed by atoms with Crippen LogP contribution in [-0.4, -0.2) is 12.3 Å². The van der Waals surface area contributed by atoms with Crippen molar-refractivity contribution in [3.63, 3.8) is 0 Å². The molecule has 13 heavy (non-hydrogen) atoms. The number of benzene rings is 1. The number of anilines is 1. The number of fused-ring (bicyclic) bond motifs is 1. The summed E-state index contributed by atoms with van der Waals surface area (Å²) < 4.78 is 0. The van der Waals surface area contributed by atoms with Gasteiger partial charge in [-0.1, -0.05) is 25.1 Å². The van der Waals surface area contributed by atoms with Crippen molar-refractivity contribution in [1.29, 1.82) is 0 Å². The molecule has 2 heteroatoms. The molecule has 68 valence electrons. The van der Waals surface area contributed by atoms with E-state index in [1.807, 2.05) is 31.2 Å². The van der Waals surface area contributed by atoms with Gasteiger partial charge in [0.2, 0.25) is 0 Å². The number of ketones is 1. The van der Waals surface area contributed by atoms with Gasteiger partial charge in [-0.05, 0) is 11.6 Å². The van der Waals surface area contributed by atoms with Crippen LogP contribution >= 0.6 is 0 Å². The smallest absolute Gasteiger partial charge is 0.141 e. The Kier molecular flexibility index (Phi) is 2.05. The van der Waals surface area contributed by atoms with E-state index in [4.69, 9.17) is 0 Å². The maximum absolute atomic E-state index is 11.5. The summed E-state index contributed by atoms with van der Waals surface area (Å²) >= 11 is 0. The van der Waals surface area contributed by atoms with Crippen LogP contribution in [0.25, 0.3) is 0 Å². The standard InChI is InChI=1S/C11H13NO/c1-8-9-4-2-3-5-10(9)12-7-6-11(8)13/h2-5,8,12H,6-7H2,1H3. The highest BCUT2D eigenvalue weighted by Crippen LogP contribution is 2.28. The first-order valence-corrected chi connectivity index (χ1v) is 4.64. The summed E-state index contributed by atoms with van der Waals surface area (Å²) in [5.41, 5.74) is 2.24. The summed E-state index contributed by atoms with van der Waals surface area (Å²) in [4.78, 5) is 11.5. The lowest BCUT2D eigenvalue weighted by Crippen LogP contribution is -2.08. The Balaban J connectivity index is 2.46. The van der Waals surface area contributed by atoms with Gasteiger partial charge in [0, 0.05) is 24.6 Å². The Morgan fingerprint density at radius 2 is 2.15 bits per heavy atom. The molecule has 0 amide bonds. The first-order chi connectivity index (χ1) is 6.29. The molecule has 0 aromatic heterocycles. The molecule has 1 N–H and O–H groups in total. The van der Waals surface area contributed by atoms with Crippen LogP contribution in [0.15, 0.2) is 24.3 Å². The van der Waals surface area contributed by atoms with Crippen molar-refractivity contribution in [3.05, 3.63) is 29.8 Å². The minimum Gasteiger partial charge on any atom is -0.384 e. The fourth-order valence-electron chi connectivity index (χ4n) is 1.75. The van der Waals surface area contributed by atoms with Crippen LogP contribution in [-0.2, 0) is 4.79 Å². The third kappa shape index (κ3) is 1.44. The van der Waals surface area contributed by atoms with Gasteiger partial charge >= 0.3 is 0 Å². The van der Waals surface area contributed by atoms with Gasteiger partial charge in [-0.2, -0.15) is 0 Å². The van der Waals surface area contributed by atoms with Gasteiger partial charge in [0.15, 0.2) is 0 Å². The molecule has 1 heterocycles. The molecule has 0 bridgehead atoms. The molecular formula is C11H13NO. The zero-order valence-corrected chi connectivity index (χ0v) is 7.71. The quantitative estimate of drug-likeness (QED) is 0.654. The van der Waals surface area contributed by atoms with E-state index >= 15 is 0 Å². The first kappa shape index (κ1) is 8.30. The minimum atomic E-state index is 0.0474. The van der Waals surface area contributed by atoms with Crippen molar-refractivity contribution in [2.75, 3.05) is 11.9 Å². The summed E-state index contributed by atoms with van der Waals surface area (Å²) in [5.74, 6) is 0.378. The van der Waals surface area contributed by atoms with Crippen molar-refractivity contribution in [1.82, 2.24) is 0 Å². The molecular weight excluding hydrogens is 162 g/mol. The molecule has 2 nitrogen and oxygen atoms in total. The van der Waals surface area contributed by atoms with Gasteiger partial charge in [0.25, 0.3) is 0 Å². The lowest BCUT2D eigenvalue weighted by Gasteiger charge is -2.10. The predicted octanol–water partition coefficient (Wildman–Crippen LogP) is 2.17. The number of Topliss-reactive ketones (excluding diaryl/α,β-unsaturated/α-hetero) is 1. The van der Waals surface area contributed by atoms with Crippen molar-refractivity contribution < 1.29 is 4.79 Å². The SMILES string of the molecule is CC1C(=O)CCNc2ccccc21. The molecule has 1 aliphatic heterocycles. The Morgan fingerprint density at radius 1 is 1.38 bits per heavy atom. The van der Waals surface area contributed by atoms with Crippen LogP contribution in [0.1, 0.15) is 24.8 Å². The summed E-state index contributed by atoms with van der Waals surface area (Å²) in [6.45, 7) is 2.74. The monoisotopic (exact) mass is 175 g/mol. The second-order valence-corrected chi connectivity index (χ2v) is 3.45. The third-order valence-corrected chi connectivity index (χ3v) is 2.60. The minimum absolute atomic E-state index is 0.0474. The van der Waals surface area contributed by atoms with Crippen LogP contribution in [0, 0.1) is 0 Å². The molecule has 0 saturated carbocycles. The van der Waals surface area contributed by atoms with Gasteiger partial charge in [-0.3, -0.25) is 4.79 Å². The number of rotatable bonds is 0. The number of nitrogens with one attached hydrogen (secondary N) is 1. The summed E-state index contributed by atoms with van der Waals surface area (Å²) in [5, 5.41) is 3.27. The summed E-state index contributed by atoms with van der Waals surface area (Å²) in [6, 6.07) is 8.03. The molecule has 1 unspecified atom stereocenters. The lowest BCUT2D eigenvalue weighted by molar-refractivity contribution is -0.119. The number of hydrogen-bond donors (Lipinski definition) is 1. The fourth-order valence-corrected chi connectivity index (χ4v) is 1.75. The summed E-state index contributed by atoms with van der Waals surface area (Å²) in [6.07, 6.45) is 0.635. The van der Waals surface area contributed by atoms with E-state index in [1.54, 1.807) is 0 Å². The van der Waals surface area contributed by atoms with Crippen molar-refractivity contribution in [2.45, 2.75) is 19.3 Å². The maximum Gasteiger partial charge on any atom is 0.141 e. The Labute approximate surface area is 78.0 Å². The number of carbonyl (C=O) groups excluding carboxylic acids is 1. The van der Waals surface area contributed by atoms with Gasteiger partial charge in [0.05, 0.1) is 0 Å². The first-order valence-electron chi connectivity index (χ1n) is 4.64. The van der Waals surface area contributed by atoms with Gasteiger partial charge in [-0.25, -0.2) is 0 Å². The van der Waals surface area contributed by atoms with Crippen molar-refractivity contribution >= 4 is 11.5 Å². The van der Waals surface area contributed by atoms with E-state index in [-0.39, 0.29) is 5.92 Å². The van der Waals surface area contributed by atoms with E-state index in [2.05, 4.69) is 5.32 Å². The van der Waals surface area contributed by atoms with Crippen LogP contribution in [0.4, 0.5) is 5.69 Å². The molecule has 0 saturated heterocycles. The molecule has 0 fully saturated rings. The lowest BCUT2D eigenvalue weighted by atomic mass is 9.95. The highest BCUT2D eigenvalue weighted by atomic mass is 16.1. The van der Waals surface area contributed by atoms with Gasteiger partial charge < -0.3 is 5.32 Å². The second-order valence-electron chi connectivity index (χ2n) is 3.45. The number of hydrogen-bond acceptors (Lipinski definition) is 2.